The highest BCUT2D eigenvalue weighted by atomic mass is 35.5. The highest BCUT2D eigenvalue weighted by Crippen LogP contribution is 2.22. The molecule has 0 amide bonds. The van der Waals surface area contributed by atoms with E-state index in [0.717, 1.165) is 37.2 Å². The first-order valence-electron chi connectivity index (χ1n) is 5.63. The smallest absolute Gasteiger partial charge is 0.142 e. The van der Waals surface area contributed by atoms with Crippen LogP contribution in [0.5, 0.6) is 5.75 Å². The molecular weight excluding hydrogens is 224 g/mol. The molecule has 1 saturated heterocycles. The zero-order chi connectivity index (χ0) is 11.4. The average molecular weight is 241 g/mol. The number of hydrogen-bond acceptors (Lipinski definition) is 3. The molecule has 0 atom stereocenters. The van der Waals surface area contributed by atoms with Gasteiger partial charge in [0.2, 0.25) is 0 Å². The van der Waals surface area contributed by atoms with Crippen molar-refractivity contribution in [2.75, 3.05) is 20.1 Å². The number of likely N-dealkylation sites (tertiary alicyclic amines) is 1. The van der Waals surface area contributed by atoms with Gasteiger partial charge in [0.05, 0.1) is 12.1 Å². The predicted molar refractivity (Wildman–Crippen MR) is 64.9 cm³/mol. The van der Waals surface area contributed by atoms with Gasteiger partial charge in [0, 0.05) is 24.8 Å². The van der Waals surface area contributed by atoms with Gasteiger partial charge in [0.15, 0.2) is 0 Å². The molecule has 0 unspecified atom stereocenters. The molecule has 3 nitrogen and oxygen atoms in total. The van der Waals surface area contributed by atoms with Crippen LogP contribution in [-0.2, 0) is 5.88 Å². The molecule has 2 heterocycles. The largest absolute Gasteiger partial charge is 0.488 e. The number of rotatable bonds is 3. The van der Waals surface area contributed by atoms with Gasteiger partial charge in [-0.15, -0.1) is 11.6 Å². The maximum absolute atomic E-state index is 5.95. The summed E-state index contributed by atoms with van der Waals surface area (Å²) < 4.78 is 5.95. The first-order chi connectivity index (χ1) is 7.79. The highest BCUT2D eigenvalue weighted by Gasteiger charge is 2.18. The van der Waals surface area contributed by atoms with Crippen LogP contribution in [0.1, 0.15) is 18.4 Å². The third-order valence-corrected chi connectivity index (χ3v) is 3.26. The van der Waals surface area contributed by atoms with Gasteiger partial charge >= 0.3 is 0 Å². The molecule has 1 aliphatic rings. The summed E-state index contributed by atoms with van der Waals surface area (Å²) in [4.78, 5) is 6.40. The van der Waals surface area contributed by atoms with Crippen molar-refractivity contribution >= 4 is 11.6 Å². The zero-order valence-corrected chi connectivity index (χ0v) is 10.3. The summed E-state index contributed by atoms with van der Waals surface area (Å²) in [6.07, 6.45) is 5.97. The Labute approximate surface area is 101 Å². The van der Waals surface area contributed by atoms with Crippen LogP contribution in [-0.4, -0.2) is 36.1 Å². The lowest BCUT2D eigenvalue weighted by Gasteiger charge is -2.29. The second-order valence-corrected chi connectivity index (χ2v) is 4.50. The van der Waals surface area contributed by atoms with E-state index in [1.165, 1.54) is 0 Å². The van der Waals surface area contributed by atoms with Crippen molar-refractivity contribution in [2.24, 2.45) is 0 Å². The number of pyridine rings is 1. The van der Waals surface area contributed by atoms with Gasteiger partial charge in [-0.25, -0.2) is 0 Å². The monoisotopic (exact) mass is 240 g/mol. The Hall–Kier alpha value is -0.800. The summed E-state index contributed by atoms with van der Waals surface area (Å²) in [6, 6.07) is 1.91. The maximum atomic E-state index is 5.95. The summed E-state index contributed by atoms with van der Waals surface area (Å²) >= 11 is 5.86. The molecule has 1 aromatic heterocycles. The van der Waals surface area contributed by atoms with Crippen molar-refractivity contribution in [3.8, 4) is 5.75 Å². The average Bonchev–Trinajstić information content (AvgIpc) is 2.33. The lowest BCUT2D eigenvalue weighted by Crippen LogP contribution is -2.35. The topological polar surface area (TPSA) is 25.4 Å². The number of ether oxygens (including phenoxy) is 1. The highest BCUT2D eigenvalue weighted by molar-refractivity contribution is 6.17. The number of aromatic nitrogens is 1. The molecule has 2 rings (SSSR count). The fraction of sp³-hybridized carbons (Fsp3) is 0.583. The summed E-state index contributed by atoms with van der Waals surface area (Å²) in [5.41, 5.74) is 1.02. The molecule has 0 aromatic carbocycles. The molecule has 1 fully saturated rings. The first kappa shape index (κ1) is 11.7. The second-order valence-electron chi connectivity index (χ2n) is 4.24. The number of nitrogens with zero attached hydrogens (tertiary/aromatic N) is 2. The minimum atomic E-state index is 0.308. The Bertz CT molecular complexity index is 338. The van der Waals surface area contributed by atoms with Crippen LogP contribution in [0.2, 0.25) is 0 Å². The van der Waals surface area contributed by atoms with Crippen LogP contribution in [0.3, 0.4) is 0 Å². The first-order valence-corrected chi connectivity index (χ1v) is 6.17. The van der Waals surface area contributed by atoms with E-state index in [2.05, 4.69) is 16.9 Å². The van der Waals surface area contributed by atoms with Gasteiger partial charge in [-0.3, -0.25) is 4.98 Å². The van der Waals surface area contributed by atoms with E-state index in [1.54, 1.807) is 12.4 Å². The van der Waals surface area contributed by atoms with Gasteiger partial charge in [-0.05, 0) is 26.0 Å². The van der Waals surface area contributed by atoms with Crippen LogP contribution >= 0.6 is 11.6 Å². The lowest BCUT2D eigenvalue weighted by atomic mass is 10.1. The second kappa shape index (κ2) is 5.51. The Kier molecular flexibility index (Phi) is 4.02. The van der Waals surface area contributed by atoms with Gasteiger partial charge in [0.25, 0.3) is 0 Å². The predicted octanol–water partition coefficient (Wildman–Crippen LogP) is 2.29. The van der Waals surface area contributed by atoms with Crippen molar-refractivity contribution in [2.45, 2.75) is 24.8 Å². The van der Waals surface area contributed by atoms with Crippen LogP contribution < -0.4 is 4.74 Å². The van der Waals surface area contributed by atoms with Crippen molar-refractivity contribution in [1.29, 1.82) is 0 Å². The fourth-order valence-corrected chi connectivity index (χ4v) is 2.13. The van der Waals surface area contributed by atoms with Gasteiger partial charge in [-0.1, -0.05) is 0 Å². The molecule has 4 heteroatoms. The van der Waals surface area contributed by atoms with Crippen molar-refractivity contribution in [3.63, 3.8) is 0 Å². The molecule has 0 aliphatic carbocycles. The van der Waals surface area contributed by atoms with E-state index in [-0.39, 0.29) is 0 Å². The van der Waals surface area contributed by atoms with Crippen LogP contribution in [0.15, 0.2) is 18.5 Å². The molecule has 1 aromatic rings. The molecule has 1 aliphatic heterocycles. The summed E-state index contributed by atoms with van der Waals surface area (Å²) in [6.45, 7) is 2.20. The lowest BCUT2D eigenvalue weighted by molar-refractivity contribution is 0.113. The summed E-state index contributed by atoms with van der Waals surface area (Å²) in [7, 11) is 2.14. The molecule has 0 bridgehead atoms. The quantitative estimate of drug-likeness (QED) is 0.758. The van der Waals surface area contributed by atoms with Gasteiger partial charge < -0.3 is 9.64 Å². The molecule has 0 saturated carbocycles. The number of halogens is 1. The Morgan fingerprint density at radius 1 is 1.50 bits per heavy atom. The van der Waals surface area contributed by atoms with E-state index in [4.69, 9.17) is 16.3 Å². The zero-order valence-electron chi connectivity index (χ0n) is 9.53. The van der Waals surface area contributed by atoms with Crippen molar-refractivity contribution in [1.82, 2.24) is 9.88 Å². The number of alkyl halides is 1. The van der Waals surface area contributed by atoms with Crippen molar-refractivity contribution < 1.29 is 4.74 Å². The minimum Gasteiger partial charge on any atom is -0.488 e. The molecule has 0 radical (unpaired) electrons. The fourth-order valence-electron chi connectivity index (χ4n) is 1.91. The Balaban J connectivity index is 1.98. The Morgan fingerprint density at radius 2 is 2.25 bits per heavy atom. The molecule has 88 valence electrons. The third kappa shape index (κ3) is 2.86. The summed E-state index contributed by atoms with van der Waals surface area (Å²) in [5.74, 6) is 1.32. The molecule has 16 heavy (non-hydrogen) atoms. The van der Waals surface area contributed by atoms with Crippen LogP contribution in [0, 0.1) is 0 Å². The standard InChI is InChI=1S/C12H17ClN2O/c1-15-6-3-11(4-7-15)16-12-9-14-5-2-10(12)8-13/h2,5,9,11H,3-4,6-8H2,1H3. The number of piperidine rings is 1. The molecule has 0 spiro atoms. The number of hydrogen-bond donors (Lipinski definition) is 0. The van der Waals surface area contributed by atoms with Gasteiger partial charge in [0.1, 0.15) is 11.9 Å². The van der Waals surface area contributed by atoms with E-state index in [1.807, 2.05) is 6.07 Å². The molecular formula is C12H17ClN2O. The Morgan fingerprint density at radius 3 is 2.94 bits per heavy atom. The van der Waals surface area contributed by atoms with Crippen LogP contribution in [0.25, 0.3) is 0 Å². The van der Waals surface area contributed by atoms with Crippen LogP contribution in [0.4, 0.5) is 0 Å². The third-order valence-electron chi connectivity index (χ3n) is 2.97. The van der Waals surface area contributed by atoms with Crippen molar-refractivity contribution in [3.05, 3.63) is 24.0 Å². The van der Waals surface area contributed by atoms with E-state index < -0.39 is 0 Å². The van der Waals surface area contributed by atoms with E-state index >= 15 is 0 Å². The minimum absolute atomic E-state index is 0.308. The van der Waals surface area contributed by atoms with E-state index in [0.29, 0.717) is 12.0 Å². The maximum Gasteiger partial charge on any atom is 0.142 e. The summed E-state index contributed by atoms with van der Waals surface area (Å²) in [5, 5.41) is 0. The molecule has 0 N–H and O–H groups in total. The SMILES string of the molecule is CN1CCC(Oc2cnccc2CCl)CC1. The normalized spacial score (nSPS) is 18.6. The van der Waals surface area contributed by atoms with Gasteiger partial charge in [-0.2, -0.15) is 0 Å². The van der Waals surface area contributed by atoms with E-state index in [9.17, 15) is 0 Å².